The van der Waals surface area contributed by atoms with Crippen LogP contribution in [0.3, 0.4) is 0 Å². The van der Waals surface area contributed by atoms with Crippen LogP contribution in [-0.2, 0) is 4.79 Å². The molecule has 2 aromatic rings. The highest BCUT2D eigenvalue weighted by Crippen LogP contribution is 2.08. The maximum atomic E-state index is 12.9. The van der Waals surface area contributed by atoms with E-state index >= 15 is 0 Å². The van der Waals surface area contributed by atoms with Gasteiger partial charge in [0.1, 0.15) is 5.82 Å². The topological polar surface area (TPSA) is 53.5 Å². The van der Waals surface area contributed by atoms with Gasteiger partial charge in [-0.15, -0.1) is 0 Å². The minimum absolute atomic E-state index is 0.132. The third kappa shape index (κ3) is 5.21. The Balaban J connectivity index is 1.90. The summed E-state index contributed by atoms with van der Waals surface area (Å²) in [7, 11) is 0. The number of carbonyl (C=O) groups is 1. The predicted octanol–water partition coefficient (Wildman–Crippen LogP) is 3.48. The summed E-state index contributed by atoms with van der Waals surface area (Å²) in [6.45, 7) is 4.07. The largest absolute Gasteiger partial charge is 0.376 e. The molecule has 0 saturated heterocycles. The summed E-state index contributed by atoms with van der Waals surface area (Å²) >= 11 is 0. The number of halogens is 1. The fraction of sp³-hybridized carbons (Fsp3) is 0.222. The number of aryl methyl sites for hydroxylation is 1. The Morgan fingerprint density at radius 2 is 1.74 bits per heavy atom. The van der Waals surface area contributed by atoms with E-state index in [4.69, 9.17) is 0 Å². The molecule has 0 aliphatic carbocycles. The number of hydrogen-bond donors (Lipinski definition) is 2. The highest BCUT2D eigenvalue weighted by atomic mass is 19.1. The zero-order valence-corrected chi connectivity index (χ0v) is 13.3. The maximum Gasteiger partial charge on any atom is 0.259 e. The first-order chi connectivity index (χ1) is 11.1. The minimum Gasteiger partial charge on any atom is -0.376 e. The molecule has 0 bridgehead atoms. The number of carbonyl (C=O) groups excluding carboxylic acids is 1. The fourth-order valence-electron chi connectivity index (χ4n) is 2.01. The summed E-state index contributed by atoms with van der Waals surface area (Å²) in [5, 5.41) is 7.15. The highest BCUT2D eigenvalue weighted by molar-refractivity contribution is 6.01. The third-order valence-corrected chi connectivity index (χ3v) is 3.33. The Morgan fingerprint density at radius 3 is 2.35 bits per heavy atom. The molecule has 0 saturated carbocycles. The lowest BCUT2D eigenvalue weighted by Gasteiger charge is -2.07. The second-order valence-corrected chi connectivity index (χ2v) is 5.17. The molecule has 5 heteroatoms. The molecule has 2 rings (SSSR count). The quantitative estimate of drug-likeness (QED) is 0.634. The van der Waals surface area contributed by atoms with Gasteiger partial charge in [0.15, 0.2) is 0 Å². The van der Waals surface area contributed by atoms with Crippen molar-refractivity contribution in [2.45, 2.75) is 20.3 Å². The molecule has 0 heterocycles. The van der Waals surface area contributed by atoms with E-state index in [9.17, 15) is 9.18 Å². The van der Waals surface area contributed by atoms with Crippen molar-refractivity contribution in [3.63, 3.8) is 0 Å². The van der Waals surface area contributed by atoms with Gasteiger partial charge in [0.05, 0.1) is 12.3 Å². The van der Waals surface area contributed by atoms with Gasteiger partial charge in [0.25, 0.3) is 5.91 Å². The van der Waals surface area contributed by atoms with Crippen LogP contribution >= 0.6 is 0 Å². The number of anilines is 1. The lowest BCUT2D eigenvalue weighted by Crippen LogP contribution is -2.27. The van der Waals surface area contributed by atoms with Gasteiger partial charge in [-0.25, -0.2) is 9.82 Å². The van der Waals surface area contributed by atoms with E-state index in [1.165, 1.54) is 12.1 Å². The van der Waals surface area contributed by atoms with E-state index in [1.807, 2.05) is 38.1 Å². The molecule has 0 fully saturated rings. The van der Waals surface area contributed by atoms with Crippen LogP contribution in [0.15, 0.2) is 53.6 Å². The van der Waals surface area contributed by atoms with Crippen LogP contribution in [0.4, 0.5) is 10.1 Å². The van der Waals surface area contributed by atoms with Gasteiger partial charge in [0, 0.05) is 5.69 Å². The van der Waals surface area contributed by atoms with E-state index < -0.39 is 0 Å². The molecule has 0 aliphatic rings. The molecular weight excluding hydrogens is 293 g/mol. The van der Waals surface area contributed by atoms with Crippen molar-refractivity contribution in [2.24, 2.45) is 5.10 Å². The first-order valence-corrected chi connectivity index (χ1v) is 7.50. The number of hydrazone groups is 1. The summed E-state index contributed by atoms with van der Waals surface area (Å²) in [6, 6.07) is 13.8. The van der Waals surface area contributed by atoms with Gasteiger partial charge in [0.2, 0.25) is 0 Å². The monoisotopic (exact) mass is 313 g/mol. The SMILES string of the molecule is CC/C(=N\NC(=O)CNc1ccc(C)cc1)c1ccc(F)cc1. The van der Waals surface area contributed by atoms with Gasteiger partial charge in [-0.2, -0.15) is 5.10 Å². The van der Waals surface area contributed by atoms with E-state index in [-0.39, 0.29) is 18.3 Å². The lowest BCUT2D eigenvalue weighted by atomic mass is 10.1. The van der Waals surface area contributed by atoms with E-state index in [1.54, 1.807) is 12.1 Å². The molecule has 0 atom stereocenters. The van der Waals surface area contributed by atoms with Crippen LogP contribution in [0.25, 0.3) is 0 Å². The first-order valence-electron chi connectivity index (χ1n) is 7.50. The average molecular weight is 313 g/mol. The highest BCUT2D eigenvalue weighted by Gasteiger charge is 2.04. The number of hydrogen-bond acceptors (Lipinski definition) is 3. The Bertz CT molecular complexity index is 678. The van der Waals surface area contributed by atoms with E-state index in [2.05, 4.69) is 15.8 Å². The Hall–Kier alpha value is -2.69. The lowest BCUT2D eigenvalue weighted by molar-refractivity contribution is -0.119. The van der Waals surface area contributed by atoms with Gasteiger partial charge < -0.3 is 5.32 Å². The number of rotatable bonds is 6. The summed E-state index contributed by atoms with van der Waals surface area (Å²) in [6.07, 6.45) is 0.636. The van der Waals surface area contributed by atoms with Crippen LogP contribution in [-0.4, -0.2) is 18.2 Å². The van der Waals surface area contributed by atoms with Gasteiger partial charge in [-0.1, -0.05) is 36.8 Å². The first kappa shape index (κ1) is 16.7. The van der Waals surface area contributed by atoms with Gasteiger partial charge in [-0.3, -0.25) is 4.79 Å². The molecule has 0 aromatic heterocycles. The normalized spacial score (nSPS) is 11.2. The van der Waals surface area contributed by atoms with Crippen LogP contribution in [0.5, 0.6) is 0 Å². The Morgan fingerprint density at radius 1 is 1.09 bits per heavy atom. The summed E-state index contributed by atoms with van der Waals surface area (Å²) in [5.41, 5.74) is 6.06. The van der Waals surface area contributed by atoms with Gasteiger partial charge >= 0.3 is 0 Å². The number of benzene rings is 2. The van der Waals surface area contributed by atoms with Crippen LogP contribution in [0, 0.1) is 12.7 Å². The van der Waals surface area contributed by atoms with Crippen molar-refractivity contribution in [3.05, 3.63) is 65.5 Å². The Labute approximate surface area is 135 Å². The molecule has 2 N–H and O–H groups in total. The van der Waals surface area contributed by atoms with Crippen molar-refractivity contribution < 1.29 is 9.18 Å². The fourth-order valence-corrected chi connectivity index (χ4v) is 2.01. The van der Waals surface area contributed by atoms with Gasteiger partial charge in [-0.05, 0) is 43.2 Å². The number of nitrogens with zero attached hydrogens (tertiary/aromatic N) is 1. The number of nitrogens with one attached hydrogen (secondary N) is 2. The van der Waals surface area contributed by atoms with Crippen LogP contribution in [0.1, 0.15) is 24.5 Å². The predicted molar refractivity (Wildman–Crippen MR) is 91.0 cm³/mol. The van der Waals surface area contributed by atoms with E-state index in [0.29, 0.717) is 12.1 Å². The van der Waals surface area contributed by atoms with Crippen molar-refractivity contribution in [1.29, 1.82) is 0 Å². The molecule has 1 amide bonds. The molecule has 23 heavy (non-hydrogen) atoms. The molecule has 2 aromatic carbocycles. The van der Waals surface area contributed by atoms with E-state index in [0.717, 1.165) is 16.8 Å². The standard InChI is InChI=1S/C18H20FN3O/c1-3-17(14-6-8-15(19)9-7-14)21-22-18(23)12-20-16-10-4-13(2)5-11-16/h4-11,20H,3,12H2,1-2H3,(H,22,23)/b21-17+. The Kier molecular flexibility index (Phi) is 5.86. The summed E-state index contributed by atoms with van der Waals surface area (Å²) < 4.78 is 12.9. The van der Waals surface area contributed by atoms with Crippen molar-refractivity contribution in [2.75, 3.05) is 11.9 Å². The summed E-state index contributed by atoms with van der Waals surface area (Å²) in [4.78, 5) is 11.8. The second kappa shape index (κ2) is 8.08. The molecule has 0 aliphatic heterocycles. The molecule has 0 spiro atoms. The number of amides is 1. The zero-order valence-electron chi connectivity index (χ0n) is 13.3. The van der Waals surface area contributed by atoms with Crippen LogP contribution in [0.2, 0.25) is 0 Å². The van der Waals surface area contributed by atoms with Crippen molar-refractivity contribution >= 4 is 17.3 Å². The maximum absolute atomic E-state index is 12.9. The molecule has 0 unspecified atom stereocenters. The minimum atomic E-state index is -0.296. The average Bonchev–Trinajstić information content (AvgIpc) is 2.56. The molecule has 120 valence electrons. The molecular formula is C18H20FN3O. The second-order valence-electron chi connectivity index (χ2n) is 5.17. The van der Waals surface area contributed by atoms with Crippen LogP contribution < -0.4 is 10.7 Å². The van der Waals surface area contributed by atoms with Crippen molar-refractivity contribution in [3.8, 4) is 0 Å². The smallest absolute Gasteiger partial charge is 0.259 e. The van der Waals surface area contributed by atoms with Crippen molar-refractivity contribution in [1.82, 2.24) is 5.43 Å². The summed E-state index contributed by atoms with van der Waals surface area (Å²) in [5.74, 6) is -0.533. The molecule has 0 radical (unpaired) electrons. The zero-order chi connectivity index (χ0) is 16.7. The molecule has 4 nitrogen and oxygen atoms in total. The third-order valence-electron chi connectivity index (χ3n) is 3.33.